The van der Waals surface area contributed by atoms with Gasteiger partial charge in [0.2, 0.25) is 0 Å². The first-order valence-electron chi connectivity index (χ1n) is 6.46. The molecule has 0 fully saturated rings. The minimum atomic E-state index is 0.618. The summed E-state index contributed by atoms with van der Waals surface area (Å²) in [5, 5.41) is 5.23. The van der Waals surface area contributed by atoms with E-state index < -0.39 is 0 Å². The molecule has 0 aliphatic rings. The molecule has 0 aliphatic heterocycles. The molecule has 0 spiro atoms. The first-order chi connectivity index (χ1) is 10.1. The fraction of sp³-hybridized carbons (Fsp3) is 0.0625. The molecule has 21 heavy (non-hydrogen) atoms. The van der Waals surface area contributed by atoms with Gasteiger partial charge in [-0.05, 0) is 23.8 Å². The van der Waals surface area contributed by atoms with Gasteiger partial charge in [0.15, 0.2) is 0 Å². The average Bonchev–Trinajstić information content (AvgIpc) is 2.83. The van der Waals surface area contributed by atoms with E-state index in [1.807, 2.05) is 54.6 Å². The molecule has 0 radical (unpaired) electrons. The summed E-state index contributed by atoms with van der Waals surface area (Å²) in [6.07, 6.45) is 0. The van der Waals surface area contributed by atoms with Crippen LogP contribution in [0, 0.1) is 0 Å². The molecule has 0 saturated heterocycles. The maximum absolute atomic E-state index is 6.20. The fourth-order valence-corrected chi connectivity index (χ4v) is 2.62. The van der Waals surface area contributed by atoms with Crippen molar-refractivity contribution < 1.29 is 0 Å². The summed E-state index contributed by atoms with van der Waals surface area (Å²) < 4.78 is 2.83. The second-order valence-corrected chi connectivity index (χ2v) is 6.04. The highest BCUT2D eigenvalue weighted by Crippen LogP contribution is 2.28. The maximum Gasteiger partial charge on any atom is 0.122 e. The normalized spacial score (nSPS) is 10.8. The molecule has 3 nitrogen and oxygen atoms in total. The molecule has 0 amide bonds. The Kier molecular flexibility index (Phi) is 3.99. The predicted molar refractivity (Wildman–Crippen MR) is 90.3 cm³/mol. The molecule has 0 aliphatic carbocycles. The smallest absolute Gasteiger partial charge is 0.122 e. The van der Waals surface area contributed by atoms with Crippen LogP contribution in [0.15, 0.2) is 59.1 Å². The van der Waals surface area contributed by atoms with Crippen LogP contribution in [0.1, 0.15) is 5.56 Å². The number of benzene rings is 2. The number of nitrogen functional groups attached to an aromatic ring is 1. The van der Waals surface area contributed by atoms with Gasteiger partial charge in [-0.2, -0.15) is 5.10 Å². The zero-order valence-corrected chi connectivity index (χ0v) is 13.5. The highest BCUT2D eigenvalue weighted by atomic mass is 79.9. The summed E-state index contributed by atoms with van der Waals surface area (Å²) in [6, 6.07) is 17.6. The largest absolute Gasteiger partial charge is 0.384 e. The number of halogens is 2. The van der Waals surface area contributed by atoms with Crippen LogP contribution < -0.4 is 5.73 Å². The summed E-state index contributed by atoms with van der Waals surface area (Å²) in [7, 11) is 0. The van der Waals surface area contributed by atoms with Crippen molar-refractivity contribution in [1.82, 2.24) is 9.78 Å². The molecule has 3 rings (SSSR count). The van der Waals surface area contributed by atoms with Gasteiger partial charge in [-0.3, -0.25) is 0 Å². The van der Waals surface area contributed by atoms with Gasteiger partial charge in [0, 0.05) is 16.1 Å². The molecule has 0 saturated carbocycles. The Bertz CT molecular complexity index is 765. The van der Waals surface area contributed by atoms with E-state index in [1.165, 1.54) is 0 Å². The minimum absolute atomic E-state index is 0.618. The van der Waals surface area contributed by atoms with Crippen molar-refractivity contribution in [2.75, 3.05) is 5.73 Å². The van der Waals surface area contributed by atoms with Crippen molar-refractivity contribution in [3.63, 3.8) is 0 Å². The average molecular weight is 363 g/mol. The summed E-state index contributed by atoms with van der Waals surface area (Å²) in [4.78, 5) is 0. The van der Waals surface area contributed by atoms with Gasteiger partial charge in [-0.25, -0.2) is 4.68 Å². The van der Waals surface area contributed by atoms with Crippen molar-refractivity contribution in [1.29, 1.82) is 0 Å². The van der Waals surface area contributed by atoms with E-state index in [2.05, 4.69) is 21.0 Å². The van der Waals surface area contributed by atoms with Crippen LogP contribution in [0.5, 0.6) is 0 Å². The van der Waals surface area contributed by atoms with Gasteiger partial charge in [0.1, 0.15) is 5.82 Å². The van der Waals surface area contributed by atoms with Crippen molar-refractivity contribution in [3.8, 4) is 11.3 Å². The highest BCUT2D eigenvalue weighted by Gasteiger charge is 2.10. The molecule has 106 valence electrons. The Labute approximate surface area is 136 Å². The predicted octanol–water partition coefficient (Wildman–Crippen LogP) is 4.60. The number of hydrogen-bond acceptors (Lipinski definition) is 2. The molecule has 0 atom stereocenters. The van der Waals surface area contributed by atoms with E-state index in [0.717, 1.165) is 21.3 Å². The fourth-order valence-electron chi connectivity index (χ4n) is 2.12. The van der Waals surface area contributed by atoms with Crippen LogP contribution in [-0.2, 0) is 6.54 Å². The number of nitrogens with zero attached hydrogens (tertiary/aromatic N) is 2. The van der Waals surface area contributed by atoms with Crippen molar-refractivity contribution in [2.45, 2.75) is 6.54 Å². The first kappa shape index (κ1) is 14.2. The topological polar surface area (TPSA) is 43.8 Å². The molecule has 3 aromatic rings. The summed E-state index contributed by atoms with van der Waals surface area (Å²) >= 11 is 9.63. The van der Waals surface area contributed by atoms with Crippen LogP contribution in [0.2, 0.25) is 5.02 Å². The quantitative estimate of drug-likeness (QED) is 0.740. The van der Waals surface area contributed by atoms with Crippen molar-refractivity contribution in [2.24, 2.45) is 0 Å². The number of hydrogen-bond donors (Lipinski definition) is 1. The second-order valence-electron chi connectivity index (χ2n) is 4.72. The van der Waals surface area contributed by atoms with Crippen LogP contribution >= 0.6 is 27.5 Å². The zero-order chi connectivity index (χ0) is 14.8. The highest BCUT2D eigenvalue weighted by molar-refractivity contribution is 9.10. The monoisotopic (exact) mass is 361 g/mol. The number of rotatable bonds is 3. The van der Waals surface area contributed by atoms with E-state index in [1.54, 1.807) is 4.68 Å². The first-order valence-corrected chi connectivity index (χ1v) is 7.63. The number of nitrogens with two attached hydrogens (primary N) is 1. The van der Waals surface area contributed by atoms with Crippen LogP contribution in [0.3, 0.4) is 0 Å². The Balaban J connectivity index is 1.91. The second kappa shape index (κ2) is 5.92. The summed E-state index contributed by atoms with van der Waals surface area (Å²) in [5.41, 5.74) is 8.87. The Morgan fingerprint density at radius 1 is 1.10 bits per heavy atom. The number of anilines is 1. The maximum atomic E-state index is 6.20. The van der Waals surface area contributed by atoms with Crippen LogP contribution in [0.4, 0.5) is 5.82 Å². The third-order valence-corrected chi connectivity index (χ3v) is 4.06. The molecule has 2 N–H and O–H groups in total. The summed E-state index contributed by atoms with van der Waals surface area (Å²) in [5.74, 6) is 0.618. The lowest BCUT2D eigenvalue weighted by atomic mass is 10.1. The van der Waals surface area contributed by atoms with E-state index in [4.69, 9.17) is 17.3 Å². The van der Waals surface area contributed by atoms with E-state index >= 15 is 0 Å². The van der Waals surface area contributed by atoms with Crippen LogP contribution in [-0.4, -0.2) is 9.78 Å². The minimum Gasteiger partial charge on any atom is -0.384 e. The lowest BCUT2D eigenvalue weighted by molar-refractivity contribution is 0.699. The third-order valence-electron chi connectivity index (χ3n) is 3.21. The molecule has 2 aromatic carbocycles. The molecular formula is C16H13BrClN3. The third kappa shape index (κ3) is 3.12. The molecule has 5 heteroatoms. The number of aromatic nitrogens is 2. The summed E-state index contributed by atoms with van der Waals surface area (Å²) in [6.45, 7) is 0.629. The van der Waals surface area contributed by atoms with E-state index in [0.29, 0.717) is 17.4 Å². The van der Waals surface area contributed by atoms with Crippen LogP contribution in [0.25, 0.3) is 11.3 Å². The molecule has 0 unspecified atom stereocenters. The van der Waals surface area contributed by atoms with Gasteiger partial charge < -0.3 is 5.73 Å². The Hall–Kier alpha value is -1.78. The van der Waals surface area contributed by atoms with Crippen molar-refractivity contribution in [3.05, 3.63) is 69.7 Å². The van der Waals surface area contributed by atoms with Gasteiger partial charge in [-0.1, -0.05) is 57.9 Å². The lowest BCUT2D eigenvalue weighted by Gasteiger charge is -2.04. The SMILES string of the molecule is Nc1cc(-c2ccccc2Cl)nn1Cc1ccc(Br)cc1. The van der Waals surface area contributed by atoms with Gasteiger partial charge in [0.25, 0.3) is 0 Å². The lowest BCUT2D eigenvalue weighted by Crippen LogP contribution is -2.05. The molecule has 1 aromatic heterocycles. The van der Waals surface area contributed by atoms with Gasteiger partial charge in [-0.15, -0.1) is 0 Å². The molecular weight excluding hydrogens is 350 g/mol. The zero-order valence-electron chi connectivity index (χ0n) is 11.1. The Morgan fingerprint density at radius 3 is 2.52 bits per heavy atom. The van der Waals surface area contributed by atoms with Crippen molar-refractivity contribution >= 4 is 33.3 Å². The van der Waals surface area contributed by atoms with E-state index in [9.17, 15) is 0 Å². The van der Waals surface area contributed by atoms with Gasteiger partial charge in [0.05, 0.1) is 17.3 Å². The van der Waals surface area contributed by atoms with E-state index in [-0.39, 0.29) is 0 Å². The van der Waals surface area contributed by atoms with Gasteiger partial charge >= 0.3 is 0 Å². The Morgan fingerprint density at radius 2 is 1.81 bits per heavy atom. The standard InChI is InChI=1S/C16H13BrClN3/c17-12-7-5-11(6-8-12)10-21-16(19)9-15(20-21)13-3-1-2-4-14(13)18/h1-9H,10,19H2. The molecule has 0 bridgehead atoms. The molecule has 1 heterocycles.